The first-order valence-electron chi connectivity index (χ1n) is 9.36. The Kier molecular flexibility index (Phi) is 7.85. The largest absolute Gasteiger partial charge is 0.379 e. The minimum absolute atomic E-state index is 0.0997. The smallest absolute Gasteiger partial charge is 0.223 e. The summed E-state index contributed by atoms with van der Waals surface area (Å²) in [5.74, 6) is 0.0615. The first kappa shape index (κ1) is 19.9. The van der Waals surface area contributed by atoms with Gasteiger partial charge in [0.05, 0.1) is 6.10 Å². The number of nitrogens with zero attached hydrogens (tertiary/aromatic N) is 1. The molecule has 1 atom stereocenters. The Hall–Kier alpha value is -1.46. The molecule has 0 aromatic heterocycles. The van der Waals surface area contributed by atoms with Gasteiger partial charge in [-0.15, -0.1) is 0 Å². The third-order valence-corrected chi connectivity index (χ3v) is 4.87. The average Bonchev–Trinajstić information content (AvgIpc) is 2.61. The number of hydrogen-bond acceptors (Lipinski definition) is 3. The van der Waals surface area contributed by atoms with Crippen LogP contribution in [0.25, 0.3) is 0 Å². The van der Waals surface area contributed by atoms with E-state index in [4.69, 9.17) is 4.74 Å². The van der Waals surface area contributed by atoms with E-state index in [1.54, 1.807) is 0 Å². The molecule has 0 bridgehead atoms. The second-order valence-electron chi connectivity index (χ2n) is 7.10. The monoisotopic (exact) mass is 350 g/mol. The van der Waals surface area contributed by atoms with Gasteiger partial charge in [0.2, 0.25) is 5.91 Å². The Morgan fingerprint density at radius 2 is 1.88 bits per heavy atom. The summed E-state index contributed by atoms with van der Waals surface area (Å²) in [6.45, 7) is 9.32. The van der Waals surface area contributed by atoms with E-state index in [-0.39, 0.29) is 29.8 Å². The normalized spacial score (nSPS) is 17.6. The lowest BCUT2D eigenvalue weighted by molar-refractivity contribution is -0.126. The molecule has 1 amide bonds. The molecule has 1 saturated heterocycles. The number of likely N-dealkylation sites (tertiary alicyclic amines) is 1. The maximum atomic E-state index is 13.1. The lowest BCUT2D eigenvalue weighted by atomic mass is 9.94. The quantitative estimate of drug-likeness (QED) is 0.729. The van der Waals surface area contributed by atoms with Crippen molar-refractivity contribution in [2.75, 3.05) is 26.2 Å². The molecule has 1 aliphatic heterocycles. The van der Waals surface area contributed by atoms with Crippen molar-refractivity contribution in [3.63, 3.8) is 0 Å². The van der Waals surface area contributed by atoms with Crippen molar-refractivity contribution in [2.45, 2.75) is 52.2 Å². The molecule has 1 unspecified atom stereocenters. The predicted octanol–water partition coefficient (Wildman–Crippen LogP) is 3.53. The van der Waals surface area contributed by atoms with Crippen LogP contribution in [0.1, 0.15) is 51.6 Å². The standard InChI is InChI=1S/C20H31FN2O2/c1-15(2)25-14-4-11-22-20(24)18-9-12-23(13-10-18)16(3)17-5-7-19(21)8-6-17/h5-8,15-16,18H,4,9-14H2,1-3H3,(H,22,24). The second-order valence-corrected chi connectivity index (χ2v) is 7.10. The molecular formula is C20H31FN2O2. The van der Waals surface area contributed by atoms with E-state index in [2.05, 4.69) is 17.1 Å². The predicted molar refractivity (Wildman–Crippen MR) is 97.8 cm³/mol. The van der Waals surface area contributed by atoms with Crippen LogP contribution in [0.5, 0.6) is 0 Å². The number of hydrogen-bond donors (Lipinski definition) is 1. The van der Waals surface area contributed by atoms with E-state index in [0.717, 1.165) is 37.9 Å². The molecule has 1 aliphatic rings. The van der Waals surface area contributed by atoms with E-state index in [0.29, 0.717) is 13.2 Å². The van der Waals surface area contributed by atoms with Crippen molar-refractivity contribution in [3.8, 4) is 0 Å². The van der Waals surface area contributed by atoms with Crippen molar-refractivity contribution < 1.29 is 13.9 Å². The number of carbonyl (C=O) groups is 1. The molecule has 4 nitrogen and oxygen atoms in total. The third-order valence-electron chi connectivity index (χ3n) is 4.87. The van der Waals surface area contributed by atoms with Gasteiger partial charge < -0.3 is 10.1 Å². The van der Waals surface area contributed by atoms with Gasteiger partial charge in [0, 0.05) is 25.1 Å². The number of amides is 1. The van der Waals surface area contributed by atoms with Crippen molar-refractivity contribution >= 4 is 5.91 Å². The number of carbonyl (C=O) groups excluding carboxylic acids is 1. The SMILES string of the molecule is CC(C)OCCCNC(=O)C1CCN(C(C)c2ccc(F)cc2)CC1. The van der Waals surface area contributed by atoms with Crippen LogP contribution in [-0.4, -0.2) is 43.2 Å². The molecule has 1 heterocycles. The zero-order chi connectivity index (χ0) is 18.2. The van der Waals surface area contributed by atoms with Crippen LogP contribution in [-0.2, 0) is 9.53 Å². The van der Waals surface area contributed by atoms with E-state index in [9.17, 15) is 9.18 Å². The zero-order valence-corrected chi connectivity index (χ0v) is 15.6. The number of benzene rings is 1. The fourth-order valence-corrected chi connectivity index (χ4v) is 3.25. The molecule has 0 saturated carbocycles. The maximum absolute atomic E-state index is 13.1. The van der Waals surface area contributed by atoms with Crippen LogP contribution in [0, 0.1) is 11.7 Å². The number of ether oxygens (including phenoxy) is 1. The molecule has 5 heteroatoms. The number of nitrogens with one attached hydrogen (secondary N) is 1. The minimum Gasteiger partial charge on any atom is -0.379 e. The van der Waals surface area contributed by atoms with Crippen LogP contribution in [0.3, 0.4) is 0 Å². The van der Waals surface area contributed by atoms with Crippen LogP contribution in [0.15, 0.2) is 24.3 Å². The summed E-state index contributed by atoms with van der Waals surface area (Å²) in [6, 6.07) is 6.96. The Morgan fingerprint density at radius 3 is 2.48 bits per heavy atom. The average molecular weight is 350 g/mol. The van der Waals surface area contributed by atoms with Crippen LogP contribution >= 0.6 is 0 Å². The topological polar surface area (TPSA) is 41.6 Å². The molecule has 0 aliphatic carbocycles. The van der Waals surface area contributed by atoms with Crippen LogP contribution in [0.4, 0.5) is 4.39 Å². The van der Waals surface area contributed by atoms with Crippen molar-refractivity contribution in [3.05, 3.63) is 35.6 Å². The van der Waals surface area contributed by atoms with Gasteiger partial charge in [-0.05, 0) is 70.8 Å². The fourth-order valence-electron chi connectivity index (χ4n) is 3.25. The Bertz CT molecular complexity index is 525. The fraction of sp³-hybridized carbons (Fsp3) is 0.650. The summed E-state index contributed by atoms with van der Waals surface area (Å²) in [7, 11) is 0. The van der Waals surface area contributed by atoms with Crippen molar-refractivity contribution in [1.82, 2.24) is 10.2 Å². The van der Waals surface area contributed by atoms with Gasteiger partial charge in [-0.25, -0.2) is 4.39 Å². The van der Waals surface area contributed by atoms with E-state index in [1.807, 2.05) is 26.0 Å². The number of rotatable bonds is 8. The first-order valence-corrected chi connectivity index (χ1v) is 9.36. The summed E-state index contributed by atoms with van der Waals surface area (Å²) in [4.78, 5) is 14.6. The van der Waals surface area contributed by atoms with Gasteiger partial charge in [0.15, 0.2) is 0 Å². The van der Waals surface area contributed by atoms with Gasteiger partial charge in [0.25, 0.3) is 0 Å². The Morgan fingerprint density at radius 1 is 1.24 bits per heavy atom. The zero-order valence-electron chi connectivity index (χ0n) is 15.6. The van der Waals surface area contributed by atoms with Gasteiger partial charge >= 0.3 is 0 Å². The highest BCUT2D eigenvalue weighted by Crippen LogP contribution is 2.26. The molecule has 25 heavy (non-hydrogen) atoms. The summed E-state index contributed by atoms with van der Waals surface area (Å²) in [5.41, 5.74) is 1.12. The number of halogens is 1. The molecule has 140 valence electrons. The van der Waals surface area contributed by atoms with Gasteiger partial charge in [-0.2, -0.15) is 0 Å². The molecule has 0 radical (unpaired) electrons. The molecule has 2 rings (SSSR count). The Balaban J connectivity index is 1.70. The molecular weight excluding hydrogens is 319 g/mol. The molecule has 1 N–H and O–H groups in total. The van der Waals surface area contributed by atoms with Gasteiger partial charge in [-0.1, -0.05) is 12.1 Å². The third kappa shape index (κ3) is 6.40. The minimum atomic E-state index is -0.204. The molecule has 1 aromatic carbocycles. The summed E-state index contributed by atoms with van der Waals surface area (Å²) in [5, 5.41) is 3.03. The van der Waals surface area contributed by atoms with E-state index >= 15 is 0 Å². The summed E-state index contributed by atoms with van der Waals surface area (Å²) in [6.07, 6.45) is 2.84. The summed E-state index contributed by atoms with van der Waals surface area (Å²) >= 11 is 0. The molecule has 1 fully saturated rings. The van der Waals surface area contributed by atoms with Crippen LogP contribution in [0.2, 0.25) is 0 Å². The second kappa shape index (κ2) is 9.88. The lowest BCUT2D eigenvalue weighted by Gasteiger charge is -2.35. The Labute approximate surface area is 150 Å². The first-order chi connectivity index (χ1) is 12.0. The van der Waals surface area contributed by atoms with Gasteiger partial charge in [0.1, 0.15) is 5.82 Å². The lowest BCUT2D eigenvalue weighted by Crippen LogP contribution is -2.41. The number of piperidine rings is 1. The highest BCUT2D eigenvalue weighted by Gasteiger charge is 2.27. The van der Waals surface area contributed by atoms with Gasteiger partial charge in [-0.3, -0.25) is 9.69 Å². The molecule has 0 spiro atoms. The van der Waals surface area contributed by atoms with Crippen molar-refractivity contribution in [1.29, 1.82) is 0 Å². The molecule has 1 aromatic rings. The van der Waals surface area contributed by atoms with E-state index in [1.165, 1.54) is 12.1 Å². The van der Waals surface area contributed by atoms with E-state index < -0.39 is 0 Å². The van der Waals surface area contributed by atoms with Crippen molar-refractivity contribution in [2.24, 2.45) is 5.92 Å². The van der Waals surface area contributed by atoms with Crippen LogP contribution < -0.4 is 5.32 Å². The summed E-state index contributed by atoms with van der Waals surface area (Å²) < 4.78 is 18.5. The maximum Gasteiger partial charge on any atom is 0.223 e. The highest BCUT2D eigenvalue weighted by atomic mass is 19.1. The highest BCUT2D eigenvalue weighted by molar-refractivity contribution is 5.78.